The summed E-state index contributed by atoms with van der Waals surface area (Å²) in [5, 5.41) is 12.5. The fourth-order valence-electron chi connectivity index (χ4n) is 3.62. The van der Waals surface area contributed by atoms with Gasteiger partial charge in [-0.15, -0.1) is 0 Å². The molecule has 0 spiro atoms. The number of aliphatic carboxylic acids is 1. The molecular formula is C22H25N3O4. The van der Waals surface area contributed by atoms with Gasteiger partial charge in [0.2, 0.25) is 5.91 Å². The van der Waals surface area contributed by atoms with Gasteiger partial charge in [0.05, 0.1) is 6.04 Å². The third-order valence-electron chi connectivity index (χ3n) is 5.16. The molecule has 0 aliphatic carbocycles. The lowest BCUT2D eigenvalue weighted by molar-refractivity contribution is -0.153. The molecular weight excluding hydrogens is 370 g/mol. The second kappa shape index (κ2) is 9.34. The number of carbonyl (C=O) groups excluding carboxylic acids is 2. The number of likely N-dealkylation sites (tertiary alicyclic amines) is 1. The molecule has 4 N–H and O–H groups in total. The van der Waals surface area contributed by atoms with E-state index in [1.165, 1.54) is 4.90 Å². The number of hydrogen-bond donors (Lipinski definition) is 3. The van der Waals surface area contributed by atoms with Gasteiger partial charge in [0.25, 0.3) is 5.91 Å². The topological polar surface area (TPSA) is 113 Å². The Labute approximate surface area is 169 Å². The monoisotopic (exact) mass is 395 g/mol. The zero-order valence-electron chi connectivity index (χ0n) is 16.0. The standard InChI is InChI=1S/C22H25N3O4/c23-18(13-15-7-3-1-4-8-15)21(27)25-12-11-17(14-19(25)22(28)29)24-20(26)16-9-5-2-6-10-16/h1-10,17-19H,11-14,23H2,(H,24,26)(H,28,29). The third kappa shape index (κ3) is 5.20. The first-order valence-electron chi connectivity index (χ1n) is 9.64. The van der Waals surface area contributed by atoms with E-state index in [1.54, 1.807) is 24.3 Å². The predicted octanol–water partition coefficient (Wildman–Crippen LogP) is 1.43. The summed E-state index contributed by atoms with van der Waals surface area (Å²) in [6.45, 7) is 0.234. The molecule has 0 saturated carbocycles. The Morgan fingerprint density at radius 3 is 2.31 bits per heavy atom. The zero-order valence-corrected chi connectivity index (χ0v) is 16.0. The summed E-state index contributed by atoms with van der Waals surface area (Å²) in [6, 6.07) is 16.0. The van der Waals surface area contributed by atoms with E-state index in [0.29, 0.717) is 18.4 Å². The Balaban J connectivity index is 1.63. The number of piperidine rings is 1. The van der Waals surface area contributed by atoms with Crippen molar-refractivity contribution < 1.29 is 19.5 Å². The highest BCUT2D eigenvalue weighted by Crippen LogP contribution is 2.20. The summed E-state index contributed by atoms with van der Waals surface area (Å²) >= 11 is 0. The number of nitrogens with two attached hydrogens (primary N) is 1. The highest BCUT2D eigenvalue weighted by atomic mass is 16.4. The number of hydrogen-bond acceptors (Lipinski definition) is 4. The van der Waals surface area contributed by atoms with E-state index in [1.807, 2.05) is 36.4 Å². The van der Waals surface area contributed by atoms with Crippen LogP contribution in [0, 0.1) is 0 Å². The van der Waals surface area contributed by atoms with Crippen molar-refractivity contribution >= 4 is 17.8 Å². The van der Waals surface area contributed by atoms with Crippen molar-refractivity contribution in [3.05, 3.63) is 71.8 Å². The van der Waals surface area contributed by atoms with Crippen LogP contribution in [0.25, 0.3) is 0 Å². The molecule has 7 nitrogen and oxygen atoms in total. The van der Waals surface area contributed by atoms with Gasteiger partial charge in [0, 0.05) is 18.2 Å². The van der Waals surface area contributed by atoms with Gasteiger partial charge in [0.15, 0.2) is 0 Å². The fourth-order valence-corrected chi connectivity index (χ4v) is 3.62. The molecule has 1 aliphatic heterocycles. The molecule has 1 saturated heterocycles. The fraction of sp³-hybridized carbons (Fsp3) is 0.318. The summed E-state index contributed by atoms with van der Waals surface area (Å²) in [4.78, 5) is 38.3. The van der Waals surface area contributed by atoms with Crippen LogP contribution in [0.1, 0.15) is 28.8 Å². The molecule has 1 fully saturated rings. The molecule has 0 aromatic heterocycles. The average molecular weight is 395 g/mol. The van der Waals surface area contributed by atoms with E-state index in [2.05, 4.69) is 5.32 Å². The highest BCUT2D eigenvalue weighted by Gasteiger charge is 2.38. The second-order valence-corrected chi connectivity index (χ2v) is 7.24. The van der Waals surface area contributed by atoms with Gasteiger partial charge in [-0.1, -0.05) is 48.5 Å². The minimum Gasteiger partial charge on any atom is -0.480 e. The maximum Gasteiger partial charge on any atom is 0.326 e. The van der Waals surface area contributed by atoms with Gasteiger partial charge < -0.3 is 21.1 Å². The van der Waals surface area contributed by atoms with Crippen molar-refractivity contribution in [2.45, 2.75) is 37.4 Å². The van der Waals surface area contributed by atoms with E-state index in [4.69, 9.17) is 5.73 Å². The van der Waals surface area contributed by atoms with Crippen LogP contribution in [0.5, 0.6) is 0 Å². The van der Waals surface area contributed by atoms with E-state index >= 15 is 0 Å². The van der Waals surface area contributed by atoms with Crippen molar-refractivity contribution in [3.8, 4) is 0 Å². The van der Waals surface area contributed by atoms with Crippen molar-refractivity contribution in [2.24, 2.45) is 5.73 Å². The summed E-state index contributed by atoms with van der Waals surface area (Å²) in [6.07, 6.45) is 0.973. The van der Waals surface area contributed by atoms with Gasteiger partial charge in [-0.3, -0.25) is 9.59 Å². The SMILES string of the molecule is NC(Cc1ccccc1)C(=O)N1CCC(NC(=O)c2ccccc2)CC1C(=O)O. The van der Waals surface area contributed by atoms with Gasteiger partial charge in [0.1, 0.15) is 6.04 Å². The van der Waals surface area contributed by atoms with Gasteiger partial charge in [-0.25, -0.2) is 4.79 Å². The van der Waals surface area contributed by atoms with Crippen LogP contribution in [-0.4, -0.2) is 52.5 Å². The number of nitrogens with one attached hydrogen (secondary N) is 1. The minimum absolute atomic E-state index is 0.150. The summed E-state index contributed by atoms with van der Waals surface area (Å²) < 4.78 is 0. The normalized spacial score (nSPS) is 20.0. The lowest BCUT2D eigenvalue weighted by atomic mass is 9.95. The Hall–Kier alpha value is -3.19. The van der Waals surface area contributed by atoms with E-state index < -0.39 is 18.1 Å². The number of benzene rings is 2. The second-order valence-electron chi connectivity index (χ2n) is 7.24. The van der Waals surface area contributed by atoms with Crippen molar-refractivity contribution in [1.29, 1.82) is 0 Å². The number of carboxylic acid groups (broad SMARTS) is 1. The first-order valence-corrected chi connectivity index (χ1v) is 9.64. The van der Waals surface area contributed by atoms with Gasteiger partial charge in [-0.05, 0) is 37.0 Å². The van der Waals surface area contributed by atoms with E-state index in [0.717, 1.165) is 5.56 Å². The Bertz CT molecular complexity index is 857. The van der Waals surface area contributed by atoms with Crippen LogP contribution in [0.2, 0.25) is 0 Å². The van der Waals surface area contributed by atoms with Crippen LogP contribution in [-0.2, 0) is 16.0 Å². The molecule has 0 bridgehead atoms. The van der Waals surface area contributed by atoms with Gasteiger partial charge >= 0.3 is 5.97 Å². The van der Waals surface area contributed by atoms with Crippen molar-refractivity contribution in [1.82, 2.24) is 10.2 Å². The van der Waals surface area contributed by atoms with E-state index in [9.17, 15) is 19.5 Å². The number of rotatable bonds is 6. The molecule has 2 aromatic carbocycles. The molecule has 1 heterocycles. The average Bonchev–Trinajstić information content (AvgIpc) is 2.74. The molecule has 2 aromatic rings. The largest absolute Gasteiger partial charge is 0.480 e. The van der Waals surface area contributed by atoms with Crippen molar-refractivity contribution in [3.63, 3.8) is 0 Å². The molecule has 152 valence electrons. The van der Waals surface area contributed by atoms with Crippen LogP contribution in [0.15, 0.2) is 60.7 Å². The minimum atomic E-state index is -1.09. The Morgan fingerprint density at radius 1 is 1.07 bits per heavy atom. The summed E-state index contributed by atoms with van der Waals surface area (Å²) in [7, 11) is 0. The maximum atomic E-state index is 12.8. The molecule has 2 amide bonds. The van der Waals surface area contributed by atoms with Crippen LogP contribution in [0.3, 0.4) is 0 Å². The predicted molar refractivity (Wildman–Crippen MR) is 108 cm³/mol. The maximum absolute atomic E-state index is 12.8. The molecule has 3 unspecified atom stereocenters. The molecule has 0 radical (unpaired) electrons. The first-order chi connectivity index (χ1) is 14.0. The van der Waals surface area contributed by atoms with Crippen LogP contribution in [0.4, 0.5) is 0 Å². The Morgan fingerprint density at radius 2 is 1.69 bits per heavy atom. The number of carbonyl (C=O) groups is 3. The molecule has 1 aliphatic rings. The first kappa shape index (κ1) is 20.5. The third-order valence-corrected chi connectivity index (χ3v) is 5.16. The Kier molecular flexibility index (Phi) is 6.61. The number of carboxylic acids is 1. The lowest BCUT2D eigenvalue weighted by Gasteiger charge is -2.38. The molecule has 3 atom stereocenters. The van der Waals surface area contributed by atoms with Crippen LogP contribution >= 0.6 is 0 Å². The smallest absolute Gasteiger partial charge is 0.326 e. The zero-order chi connectivity index (χ0) is 20.8. The summed E-state index contributed by atoms with van der Waals surface area (Å²) in [5.74, 6) is -1.72. The lowest BCUT2D eigenvalue weighted by Crippen LogP contribution is -2.58. The quantitative estimate of drug-likeness (QED) is 0.685. The van der Waals surface area contributed by atoms with Crippen molar-refractivity contribution in [2.75, 3.05) is 6.54 Å². The number of nitrogens with zero attached hydrogens (tertiary/aromatic N) is 1. The van der Waals surface area contributed by atoms with Gasteiger partial charge in [-0.2, -0.15) is 0 Å². The highest BCUT2D eigenvalue weighted by molar-refractivity contribution is 5.94. The number of amides is 2. The summed E-state index contributed by atoms with van der Waals surface area (Å²) in [5.41, 5.74) is 7.52. The molecule has 3 rings (SSSR count). The van der Waals surface area contributed by atoms with Crippen LogP contribution < -0.4 is 11.1 Å². The molecule has 29 heavy (non-hydrogen) atoms. The molecule has 7 heteroatoms. The van der Waals surface area contributed by atoms with E-state index in [-0.39, 0.29) is 30.8 Å².